The van der Waals surface area contributed by atoms with Gasteiger partial charge in [0.25, 0.3) is 0 Å². The number of aryl methyl sites for hydroxylation is 1. The molecule has 2 rings (SSSR count). The van der Waals surface area contributed by atoms with Crippen molar-refractivity contribution in [1.29, 1.82) is 0 Å². The molecule has 1 amide bonds. The monoisotopic (exact) mass is 288 g/mol. The molecular formula is C18H28N2O. The quantitative estimate of drug-likeness (QED) is 0.886. The van der Waals surface area contributed by atoms with Gasteiger partial charge in [0, 0.05) is 11.7 Å². The van der Waals surface area contributed by atoms with E-state index in [0.29, 0.717) is 12.0 Å². The smallest absolute Gasteiger partial charge is 0.241 e. The van der Waals surface area contributed by atoms with E-state index in [-0.39, 0.29) is 11.9 Å². The molecule has 0 spiro atoms. The number of carbonyl (C=O) groups excluding carboxylic acids is 1. The minimum absolute atomic E-state index is 0.0456. The van der Waals surface area contributed by atoms with Crippen LogP contribution in [0.2, 0.25) is 0 Å². The van der Waals surface area contributed by atoms with Crippen molar-refractivity contribution < 1.29 is 4.79 Å². The van der Waals surface area contributed by atoms with Crippen LogP contribution in [0, 0.1) is 18.8 Å². The highest BCUT2D eigenvalue weighted by Crippen LogP contribution is 2.29. The lowest BCUT2D eigenvalue weighted by molar-refractivity contribution is -0.118. The highest BCUT2D eigenvalue weighted by molar-refractivity contribution is 5.94. The van der Waals surface area contributed by atoms with Crippen LogP contribution in [0.1, 0.15) is 45.6 Å². The van der Waals surface area contributed by atoms with Crippen LogP contribution >= 0.6 is 0 Å². The predicted molar refractivity (Wildman–Crippen MR) is 88.4 cm³/mol. The SMILES string of the molecule is Cc1ccc(NC(=O)[C@@H](C)N[C@@H]2CCC[C@H](C)[C@@H]2C)cc1. The lowest BCUT2D eigenvalue weighted by Gasteiger charge is -2.36. The second kappa shape index (κ2) is 7.08. The Morgan fingerprint density at radius 2 is 1.86 bits per heavy atom. The number of hydrogen-bond donors (Lipinski definition) is 2. The zero-order chi connectivity index (χ0) is 15.4. The molecule has 1 aliphatic rings. The summed E-state index contributed by atoms with van der Waals surface area (Å²) in [7, 11) is 0. The van der Waals surface area contributed by atoms with E-state index in [1.54, 1.807) is 0 Å². The maximum atomic E-state index is 12.3. The molecule has 0 bridgehead atoms. The first-order valence-electron chi connectivity index (χ1n) is 8.11. The molecule has 3 nitrogen and oxygen atoms in total. The molecule has 1 aliphatic carbocycles. The lowest BCUT2D eigenvalue weighted by Crippen LogP contribution is -2.49. The van der Waals surface area contributed by atoms with Gasteiger partial charge in [0.1, 0.15) is 0 Å². The van der Waals surface area contributed by atoms with Crippen LogP contribution < -0.4 is 10.6 Å². The van der Waals surface area contributed by atoms with Gasteiger partial charge in [0.15, 0.2) is 0 Å². The van der Waals surface area contributed by atoms with Crippen LogP contribution in [0.3, 0.4) is 0 Å². The fraction of sp³-hybridized carbons (Fsp3) is 0.611. The molecule has 1 aromatic carbocycles. The third-order valence-corrected chi connectivity index (χ3v) is 4.88. The fourth-order valence-corrected chi connectivity index (χ4v) is 3.10. The molecule has 1 saturated carbocycles. The first-order valence-corrected chi connectivity index (χ1v) is 8.11. The summed E-state index contributed by atoms with van der Waals surface area (Å²) in [5.74, 6) is 1.42. The topological polar surface area (TPSA) is 41.1 Å². The molecule has 116 valence electrons. The Morgan fingerprint density at radius 1 is 1.19 bits per heavy atom. The van der Waals surface area contributed by atoms with E-state index in [9.17, 15) is 4.79 Å². The average Bonchev–Trinajstić information content (AvgIpc) is 2.46. The van der Waals surface area contributed by atoms with Crippen molar-refractivity contribution in [3.63, 3.8) is 0 Å². The van der Waals surface area contributed by atoms with Gasteiger partial charge in [-0.2, -0.15) is 0 Å². The molecule has 0 saturated heterocycles. The molecule has 0 radical (unpaired) electrons. The van der Waals surface area contributed by atoms with E-state index in [1.165, 1.54) is 24.8 Å². The summed E-state index contributed by atoms with van der Waals surface area (Å²) in [5, 5.41) is 6.50. The molecule has 3 heteroatoms. The summed E-state index contributed by atoms with van der Waals surface area (Å²) < 4.78 is 0. The molecular weight excluding hydrogens is 260 g/mol. The van der Waals surface area contributed by atoms with Crippen LogP contribution in [0.5, 0.6) is 0 Å². The van der Waals surface area contributed by atoms with Crippen LogP contribution in [0.25, 0.3) is 0 Å². The van der Waals surface area contributed by atoms with Crippen molar-refractivity contribution in [1.82, 2.24) is 5.32 Å². The average molecular weight is 288 g/mol. The minimum atomic E-state index is -0.163. The van der Waals surface area contributed by atoms with Gasteiger partial charge in [-0.05, 0) is 44.2 Å². The van der Waals surface area contributed by atoms with Crippen molar-refractivity contribution in [2.75, 3.05) is 5.32 Å². The molecule has 0 aromatic heterocycles. The van der Waals surface area contributed by atoms with Crippen molar-refractivity contribution in [3.8, 4) is 0 Å². The Labute approximate surface area is 128 Å². The minimum Gasteiger partial charge on any atom is -0.325 e. The van der Waals surface area contributed by atoms with Gasteiger partial charge in [-0.15, -0.1) is 0 Å². The Balaban J connectivity index is 1.88. The zero-order valence-electron chi connectivity index (χ0n) is 13.6. The predicted octanol–water partition coefficient (Wildman–Crippen LogP) is 3.74. The van der Waals surface area contributed by atoms with Gasteiger partial charge in [-0.3, -0.25) is 4.79 Å². The molecule has 0 aliphatic heterocycles. The number of amides is 1. The summed E-state index contributed by atoms with van der Waals surface area (Å²) in [6.45, 7) is 8.61. The van der Waals surface area contributed by atoms with E-state index in [2.05, 4.69) is 24.5 Å². The van der Waals surface area contributed by atoms with Gasteiger partial charge in [-0.25, -0.2) is 0 Å². The van der Waals surface area contributed by atoms with Gasteiger partial charge in [0.05, 0.1) is 6.04 Å². The van der Waals surface area contributed by atoms with Crippen LogP contribution in [-0.4, -0.2) is 18.0 Å². The zero-order valence-corrected chi connectivity index (χ0v) is 13.6. The Hall–Kier alpha value is -1.35. The Kier molecular flexibility index (Phi) is 5.40. The van der Waals surface area contributed by atoms with Crippen molar-refractivity contribution in [2.24, 2.45) is 11.8 Å². The second-order valence-electron chi connectivity index (χ2n) is 6.62. The largest absolute Gasteiger partial charge is 0.325 e. The fourth-order valence-electron chi connectivity index (χ4n) is 3.10. The van der Waals surface area contributed by atoms with Crippen molar-refractivity contribution in [2.45, 2.75) is 59.0 Å². The molecule has 0 unspecified atom stereocenters. The van der Waals surface area contributed by atoms with E-state index < -0.39 is 0 Å². The summed E-state index contributed by atoms with van der Waals surface area (Å²) >= 11 is 0. The second-order valence-corrected chi connectivity index (χ2v) is 6.62. The van der Waals surface area contributed by atoms with Gasteiger partial charge < -0.3 is 10.6 Å². The summed E-state index contributed by atoms with van der Waals surface area (Å²) in [6, 6.07) is 8.21. The highest BCUT2D eigenvalue weighted by Gasteiger charge is 2.29. The number of nitrogens with one attached hydrogen (secondary N) is 2. The van der Waals surface area contributed by atoms with E-state index in [4.69, 9.17) is 0 Å². The summed E-state index contributed by atoms with van der Waals surface area (Å²) in [6.07, 6.45) is 3.74. The number of hydrogen-bond acceptors (Lipinski definition) is 2. The van der Waals surface area contributed by atoms with E-state index in [0.717, 1.165) is 11.6 Å². The van der Waals surface area contributed by atoms with Gasteiger partial charge in [0.2, 0.25) is 5.91 Å². The molecule has 2 N–H and O–H groups in total. The van der Waals surface area contributed by atoms with Crippen LogP contribution in [-0.2, 0) is 4.79 Å². The van der Waals surface area contributed by atoms with Gasteiger partial charge >= 0.3 is 0 Å². The van der Waals surface area contributed by atoms with Crippen molar-refractivity contribution in [3.05, 3.63) is 29.8 Å². The Bertz CT molecular complexity index is 469. The Morgan fingerprint density at radius 3 is 2.52 bits per heavy atom. The number of rotatable bonds is 4. The summed E-state index contributed by atoms with van der Waals surface area (Å²) in [5.41, 5.74) is 2.06. The molecule has 1 aromatic rings. The van der Waals surface area contributed by atoms with Crippen molar-refractivity contribution >= 4 is 11.6 Å². The summed E-state index contributed by atoms with van der Waals surface area (Å²) in [4.78, 5) is 12.3. The third-order valence-electron chi connectivity index (χ3n) is 4.88. The molecule has 21 heavy (non-hydrogen) atoms. The maximum absolute atomic E-state index is 12.3. The van der Waals surface area contributed by atoms with Gasteiger partial charge in [-0.1, -0.05) is 44.4 Å². The van der Waals surface area contributed by atoms with E-state index >= 15 is 0 Å². The standard InChI is InChI=1S/C18H28N2O/c1-12-8-10-16(11-9-12)20-18(21)15(4)19-17-7-5-6-13(2)14(17)3/h8-11,13-15,17,19H,5-7H2,1-4H3,(H,20,21)/t13-,14-,15+,17+/m0/s1. The first kappa shape index (κ1) is 16.0. The first-order chi connectivity index (χ1) is 9.97. The number of anilines is 1. The third kappa shape index (κ3) is 4.31. The maximum Gasteiger partial charge on any atom is 0.241 e. The molecule has 1 fully saturated rings. The highest BCUT2D eigenvalue weighted by atomic mass is 16.2. The van der Waals surface area contributed by atoms with E-state index in [1.807, 2.05) is 38.1 Å². The normalized spacial score (nSPS) is 27.1. The van der Waals surface area contributed by atoms with Crippen LogP contribution in [0.4, 0.5) is 5.69 Å². The molecule has 4 atom stereocenters. The van der Waals surface area contributed by atoms with Crippen LogP contribution in [0.15, 0.2) is 24.3 Å². The molecule has 0 heterocycles. The lowest BCUT2D eigenvalue weighted by atomic mass is 9.78. The number of carbonyl (C=O) groups is 1. The number of benzene rings is 1.